The molecular weight excluding hydrogens is 603 g/mol. The number of thiazole rings is 1. The number of nitrogens with zero attached hydrogens (tertiary/aromatic N) is 3. The van der Waals surface area contributed by atoms with E-state index in [0.717, 1.165) is 5.56 Å². The fourth-order valence-electron chi connectivity index (χ4n) is 4.40. The number of hydrogen-bond donors (Lipinski definition) is 1. The van der Waals surface area contributed by atoms with Crippen molar-refractivity contribution < 1.29 is 18.4 Å². The maximum atomic E-state index is 14.8. The van der Waals surface area contributed by atoms with Gasteiger partial charge in [0.15, 0.2) is 5.13 Å². The van der Waals surface area contributed by atoms with Gasteiger partial charge in [0.2, 0.25) is 8.32 Å². The molecule has 0 aliphatic carbocycles. The first kappa shape index (κ1) is 30.4. The molecule has 1 aliphatic rings. The summed E-state index contributed by atoms with van der Waals surface area (Å²) in [6.07, 6.45) is 3.14. The lowest BCUT2D eigenvalue weighted by Crippen LogP contribution is -2.45. The lowest BCUT2D eigenvalue weighted by atomic mass is 10.0. The molecule has 4 aromatic rings. The fourth-order valence-corrected chi connectivity index (χ4v) is 6.15. The molecule has 0 radical (unpaired) electrons. The standard InChI is InChI=1S/C32H30ClFN4O3SSi/c1-32(2,3)43(4,5)41-26-11-10-23(34)18-25(26)28(29(39)37-31-36-14-15-42-31)38-19-22-9-8-20(16-24(22)30(38)40)6-7-21-12-13-35-27(33)17-21/h8-18,28H,19H2,1-5H3,(H,36,37,39)/t28-/m1/s1. The SMILES string of the molecule is CC(C)(C)[Si](C)(C)Oc1ccc(F)cc1[C@H](C(=O)Nc1nccs1)N1Cc2ccc(C#Cc3ccnc(Cl)c3)cc2C1=O. The van der Waals surface area contributed by atoms with Crippen LogP contribution in [0.25, 0.3) is 0 Å². The zero-order valence-corrected chi connectivity index (χ0v) is 26.9. The van der Waals surface area contributed by atoms with Crippen LogP contribution >= 0.6 is 22.9 Å². The second kappa shape index (κ2) is 11.9. The van der Waals surface area contributed by atoms with Crippen molar-refractivity contribution in [1.29, 1.82) is 0 Å². The largest absolute Gasteiger partial charge is 0.543 e. The highest BCUT2D eigenvalue weighted by Gasteiger charge is 2.43. The molecule has 1 N–H and O–H groups in total. The normalized spacial score (nSPS) is 13.7. The van der Waals surface area contributed by atoms with E-state index >= 15 is 0 Å². The molecule has 2 aromatic carbocycles. The summed E-state index contributed by atoms with van der Waals surface area (Å²) in [7, 11) is -2.40. The van der Waals surface area contributed by atoms with E-state index in [1.165, 1.54) is 28.4 Å². The average molecular weight is 633 g/mol. The molecule has 0 unspecified atom stereocenters. The third kappa shape index (κ3) is 6.64. The smallest absolute Gasteiger partial charge is 0.255 e. The summed E-state index contributed by atoms with van der Waals surface area (Å²) in [5.74, 6) is 5.05. The number of benzene rings is 2. The number of pyridine rings is 1. The Morgan fingerprint density at radius 1 is 1.09 bits per heavy atom. The summed E-state index contributed by atoms with van der Waals surface area (Å²) in [4.78, 5) is 37.5. The van der Waals surface area contributed by atoms with Crippen molar-refractivity contribution >= 4 is 48.2 Å². The Morgan fingerprint density at radius 2 is 1.84 bits per heavy atom. The lowest BCUT2D eigenvalue weighted by molar-refractivity contribution is -0.120. The topological polar surface area (TPSA) is 84.4 Å². The van der Waals surface area contributed by atoms with Crippen LogP contribution in [0.2, 0.25) is 23.3 Å². The van der Waals surface area contributed by atoms with Crippen LogP contribution in [0.1, 0.15) is 59.4 Å². The molecule has 220 valence electrons. The number of amides is 2. The molecule has 2 aromatic heterocycles. The van der Waals surface area contributed by atoms with Crippen LogP contribution in [-0.4, -0.2) is 35.0 Å². The van der Waals surface area contributed by atoms with Gasteiger partial charge in [0.25, 0.3) is 11.8 Å². The predicted octanol–water partition coefficient (Wildman–Crippen LogP) is 7.45. The summed E-state index contributed by atoms with van der Waals surface area (Å²) < 4.78 is 21.4. The summed E-state index contributed by atoms with van der Waals surface area (Å²) in [6.45, 7) is 10.6. The van der Waals surface area contributed by atoms with Gasteiger partial charge in [-0.05, 0) is 66.2 Å². The second-order valence-electron chi connectivity index (χ2n) is 11.7. The molecular formula is C32H30ClFN4O3SSi. The van der Waals surface area contributed by atoms with Gasteiger partial charge >= 0.3 is 0 Å². The monoisotopic (exact) mass is 632 g/mol. The van der Waals surface area contributed by atoms with Crippen LogP contribution in [0.15, 0.2) is 66.3 Å². The molecule has 1 aliphatic heterocycles. The van der Waals surface area contributed by atoms with Gasteiger partial charge in [-0.1, -0.05) is 50.3 Å². The number of anilines is 1. The first-order valence-electron chi connectivity index (χ1n) is 13.6. The first-order chi connectivity index (χ1) is 20.3. The van der Waals surface area contributed by atoms with Crippen LogP contribution in [-0.2, 0) is 11.3 Å². The zero-order chi connectivity index (χ0) is 30.9. The van der Waals surface area contributed by atoms with E-state index in [2.05, 4.69) is 61.0 Å². The first-order valence-corrected chi connectivity index (χ1v) is 17.8. The summed E-state index contributed by atoms with van der Waals surface area (Å²) in [5, 5.41) is 5.09. The summed E-state index contributed by atoms with van der Waals surface area (Å²) in [5.41, 5.74) is 2.74. The van der Waals surface area contributed by atoms with E-state index in [1.54, 1.807) is 42.0 Å². The molecule has 0 bridgehead atoms. The lowest BCUT2D eigenvalue weighted by Gasteiger charge is -2.38. The minimum Gasteiger partial charge on any atom is -0.543 e. The molecule has 0 spiro atoms. The number of rotatable bonds is 6. The number of halogens is 2. The van der Waals surface area contributed by atoms with E-state index in [4.69, 9.17) is 16.0 Å². The molecule has 0 fully saturated rings. The molecule has 2 amide bonds. The molecule has 5 rings (SSSR count). The van der Waals surface area contributed by atoms with Crippen LogP contribution in [0, 0.1) is 17.7 Å². The van der Waals surface area contributed by atoms with Crippen molar-refractivity contribution in [3.05, 3.63) is 105 Å². The molecule has 43 heavy (non-hydrogen) atoms. The third-order valence-corrected chi connectivity index (χ3v) is 12.9. The number of nitrogens with one attached hydrogen (secondary N) is 1. The van der Waals surface area contributed by atoms with Crippen LogP contribution in [0.5, 0.6) is 5.75 Å². The highest BCUT2D eigenvalue weighted by molar-refractivity contribution is 7.13. The number of aromatic nitrogens is 2. The van der Waals surface area contributed by atoms with Gasteiger partial charge in [-0.3, -0.25) is 14.9 Å². The van der Waals surface area contributed by atoms with Gasteiger partial charge < -0.3 is 9.33 Å². The van der Waals surface area contributed by atoms with Gasteiger partial charge in [0.1, 0.15) is 22.8 Å². The molecule has 7 nitrogen and oxygen atoms in total. The maximum absolute atomic E-state index is 14.8. The summed E-state index contributed by atoms with van der Waals surface area (Å²) >= 11 is 7.22. The Balaban J connectivity index is 1.54. The molecule has 11 heteroatoms. The van der Waals surface area contributed by atoms with Gasteiger partial charge in [-0.2, -0.15) is 0 Å². The quantitative estimate of drug-likeness (QED) is 0.136. The molecule has 0 saturated heterocycles. The number of hydrogen-bond acceptors (Lipinski definition) is 6. The van der Waals surface area contributed by atoms with E-state index in [-0.39, 0.29) is 23.1 Å². The number of carbonyl (C=O) groups is 2. The second-order valence-corrected chi connectivity index (χ2v) is 17.7. The van der Waals surface area contributed by atoms with Crippen LogP contribution < -0.4 is 9.74 Å². The predicted molar refractivity (Wildman–Crippen MR) is 169 cm³/mol. The van der Waals surface area contributed by atoms with Gasteiger partial charge in [0.05, 0.1) is 0 Å². The minimum absolute atomic E-state index is 0.147. The highest BCUT2D eigenvalue weighted by Crippen LogP contribution is 2.42. The van der Waals surface area contributed by atoms with E-state index < -0.39 is 26.1 Å². The third-order valence-electron chi connectivity index (χ3n) is 7.68. The molecule has 0 saturated carbocycles. The fraction of sp³-hybridized carbons (Fsp3) is 0.250. The Morgan fingerprint density at radius 3 is 2.51 bits per heavy atom. The van der Waals surface area contributed by atoms with Crippen molar-refractivity contribution in [2.45, 2.75) is 51.5 Å². The molecule has 3 heterocycles. The Labute approximate surface area is 260 Å². The van der Waals surface area contributed by atoms with Crippen LogP contribution in [0.4, 0.5) is 9.52 Å². The Kier molecular flexibility index (Phi) is 8.43. The van der Waals surface area contributed by atoms with Gasteiger partial charge in [-0.25, -0.2) is 14.4 Å². The van der Waals surface area contributed by atoms with Crippen molar-refractivity contribution in [2.75, 3.05) is 5.32 Å². The van der Waals surface area contributed by atoms with Crippen molar-refractivity contribution in [3.8, 4) is 17.6 Å². The van der Waals surface area contributed by atoms with E-state index in [0.29, 0.717) is 32.7 Å². The van der Waals surface area contributed by atoms with Crippen molar-refractivity contribution in [1.82, 2.24) is 14.9 Å². The molecule has 1 atom stereocenters. The van der Waals surface area contributed by atoms with Crippen molar-refractivity contribution in [3.63, 3.8) is 0 Å². The number of fused-ring (bicyclic) bond motifs is 1. The van der Waals surface area contributed by atoms with E-state index in [9.17, 15) is 14.0 Å². The highest BCUT2D eigenvalue weighted by atomic mass is 35.5. The Hall–Kier alpha value is -4.04. The number of carbonyl (C=O) groups excluding carboxylic acids is 2. The Bertz CT molecular complexity index is 1760. The minimum atomic E-state index is -2.40. The summed E-state index contributed by atoms with van der Waals surface area (Å²) in [6, 6.07) is 11.7. The van der Waals surface area contributed by atoms with Crippen molar-refractivity contribution in [2.24, 2.45) is 0 Å². The van der Waals surface area contributed by atoms with Gasteiger partial charge in [-0.15, -0.1) is 11.3 Å². The van der Waals surface area contributed by atoms with Gasteiger partial charge in [0, 0.05) is 46.6 Å². The van der Waals surface area contributed by atoms with E-state index in [1.807, 2.05) is 12.1 Å². The zero-order valence-electron chi connectivity index (χ0n) is 24.4. The average Bonchev–Trinajstić information content (AvgIpc) is 3.56. The maximum Gasteiger partial charge on any atom is 0.255 e. The van der Waals surface area contributed by atoms with Crippen LogP contribution in [0.3, 0.4) is 0 Å².